The fourth-order valence-electron chi connectivity index (χ4n) is 2.26. The Morgan fingerprint density at radius 1 is 1.19 bits per heavy atom. The summed E-state index contributed by atoms with van der Waals surface area (Å²) < 4.78 is 15.4. The predicted molar refractivity (Wildman–Crippen MR) is 84.8 cm³/mol. The number of nitrogen functional groups attached to an aromatic ring is 1. The third-order valence-corrected chi connectivity index (χ3v) is 3.64. The summed E-state index contributed by atoms with van der Waals surface area (Å²) >= 11 is 5.78. The Morgan fingerprint density at radius 3 is 2.48 bits per heavy atom. The topological polar surface area (TPSA) is 47.1 Å². The molecule has 6 heteroatoms. The van der Waals surface area contributed by atoms with Gasteiger partial charge in [-0.3, -0.25) is 4.57 Å². The molecule has 0 saturated heterocycles. The van der Waals surface area contributed by atoms with Crippen molar-refractivity contribution in [2.24, 2.45) is 0 Å². The Labute approximate surface area is 126 Å². The van der Waals surface area contributed by atoms with Crippen molar-refractivity contribution in [3.63, 3.8) is 0 Å². The maximum absolute atomic E-state index is 13.7. The van der Waals surface area contributed by atoms with E-state index in [9.17, 15) is 4.39 Å². The van der Waals surface area contributed by atoms with Crippen LogP contribution in [0.1, 0.15) is 0 Å². The highest BCUT2D eigenvalue weighted by atomic mass is 35.5. The zero-order chi connectivity index (χ0) is 15.1. The van der Waals surface area contributed by atoms with Crippen molar-refractivity contribution < 1.29 is 4.39 Å². The van der Waals surface area contributed by atoms with E-state index in [-0.39, 0.29) is 5.02 Å². The summed E-state index contributed by atoms with van der Waals surface area (Å²) in [6.07, 6.45) is 0. The minimum Gasteiger partial charge on any atom is -0.378 e. The molecular formula is C15H14ClFN4. The van der Waals surface area contributed by atoms with Gasteiger partial charge < -0.3 is 10.6 Å². The van der Waals surface area contributed by atoms with Crippen LogP contribution in [-0.4, -0.2) is 23.6 Å². The van der Waals surface area contributed by atoms with Crippen LogP contribution in [0.2, 0.25) is 5.02 Å². The number of fused-ring (bicyclic) bond motifs is 1. The Balaban J connectivity index is 2.19. The summed E-state index contributed by atoms with van der Waals surface area (Å²) in [5, 5.41) is 0.0371. The van der Waals surface area contributed by atoms with Crippen molar-refractivity contribution in [3.8, 4) is 5.69 Å². The molecule has 2 aromatic carbocycles. The first-order valence-corrected chi connectivity index (χ1v) is 6.76. The van der Waals surface area contributed by atoms with Gasteiger partial charge >= 0.3 is 0 Å². The van der Waals surface area contributed by atoms with E-state index in [1.807, 2.05) is 43.3 Å². The van der Waals surface area contributed by atoms with Gasteiger partial charge in [0.2, 0.25) is 5.95 Å². The first-order valence-electron chi connectivity index (χ1n) is 6.38. The van der Waals surface area contributed by atoms with E-state index in [1.165, 1.54) is 12.1 Å². The standard InChI is InChI=1S/C15H14ClFN4/c1-20(2)9-3-5-10(6-4-9)21-14-8-12(17)11(16)7-13(14)19-15(21)18/h3-8H,1-2H3,(H2,18,19). The molecule has 0 aliphatic heterocycles. The molecule has 2 N–H and O–H groups in total. The van der Waals surface area contributed by atoms with Gasteiger partial charge in [-0.1, -0.05) is 11.6 Å². The summed E-state index contributed by atoms with van der Waals surface area (Å²) in [6, 6.07) is 10.6. The van der Waals surface area contributed by atoms with Crippen molar-refractivity contribution in [1.29, 1.82) is 0 Å². The number of halogens is 2. The Morgan fingerprint density at radius 2 is 1.86 bits per heavy atom. The molecular weight excluding hydrogens is 291 g/mol. The molecule has 0 radical (unpaired) electrons. The van der Waals surface area contributed by atoms with Gasteiger partial charge in [-0.25, -0.2) is 9.37 Å². The number of nitrogens with two attached hydrogens (primary N) is 1. The van der Waals surface area contributed by atoms with Crippen molar-refractivity contribution >= 4 is 34.3 Å². The maximum atomic E-state index is 13.7. The molecule has 4 nitrogen and oxygen atoms in total. The average molecular weight is 305 g/mol. The second-order valence-corrected chi connectivity index (χ2v) is 5.38. The number of rotatable bonds is 2. The molecule has 0 saturated carbocycles. The van der Waals surface area contributed by atoms with Gasteiger partial charge in [-0.05, 0) is 30.3 Å². The number of nitrogens with zero attached hydrogens (tertiary/aromatic N) is 3. The second kappa shape index (κ2) is 4.93. The number of anilines is 2. The predicted octanol–water partition coefficient (Wildman–Crippen LogP) is 3.47. The molecule has 0 aliphatic carbocycles. The number of imidazole rings is 1. The van der Waals surface area contributed by atoms with Crippen LogP contribution in [0.15, 0.2) is 36.4 Å². The fraction of sp³-hybridized carbons (Fsp3) is 0.133. The van der Waals surface area contributed by atoms with E-state index >= 15 is 0 Å². The van der Waals surface area contributed by atoms with E-state index in [1.54, 1.807) is 4.57 Å². The van der Waals surface area contributed by atoms with Gasteiger partial charge in [-0.15, -0.1) is 0 Å². The fourth-order valence-corrected chi connectivity index (χ4v) is 2.42. The van der Waals surface area contributed by atoms with Crippen molar-refractivity contribution in [2.45, 2.75) is 0 Å². The molecule has 1 aromatic heterocycles. The molecule has 0 fully saturated rings. The summed E-state index contributed by atoms with van der Waals surface area (Å²) in [4.78, 5) is 6.23. The van der Waals surface area contributed by atoms with Crippen LogP contribution in [-0.2, 0) is 0 Å². The maximum Gasteiger partial charge on any atom is 0.205 e. The SMILES string of the molecule is CN(C)c1ccc(-n2c(N)nc3cc(Cl)c(F)cc32)cc1. The van der Waals surface area contributed by atoms with Gasteiger partial charge in [0.05, 0.1) is 16.1 Å². The summed E-state index contributed by atoms with van der Waals surface area (Å²) in [7, 11) is 3.93. The molecule has 3 rings (SSSR count). The third-order valence-electron chi connectivity index (χ3n) is 3.35. The first-order chi connectivity index (χ1) is 9.97. The molecule has 0 atom stereocenters. The van der Waals surface area contributed by atoms with Gasteiger partial charge in [0.15, 0.2) is 0 Å². The molecule has 0 unspecified atom stereocenters. The lowest BCUT2D eigenvalue weighted by molar-refractivity contribution is 0.629. The highest BCUT2D eigenvalue weighted by Gasteiger charge is 2.13. The lowest BCUT2D eigenvalue weighted by Gasteiger charge is -2.13. The highest BCUT2D eigenvalue weighted by molar-refractivity contribution is 6.31. The average Bonchev–Trinajstić information content (AvgIpc) is 2.75. The zero-order valence-corrected chi connectivity index (χ0v) is 12.4. The third kappa shape index (κ3) is 2.29. The minimum absolute atomic E-state index is 0.0371. The van der Waals surface area contributed by atoms with Crippen molar-refractivity contribution in [2.75, 3.05) is 24.7 Å². The second-order valence-electron chi connectivity index (χ2n) is 4.97. The zero-order valence-electron chi connectivity index (χ0n) is 11.6. The van der Waals surface area contributed by atoms with Crippen LogP contribution in [0.4, 0.5) is 16.0 Å². The van der Waals surface area contributed by atoms with E-state index in [0.717, 1.165) is 11.4 Å². The van der Waals surface area contributed by atoms with E-state index in [2.05, 4.69) is 4.98 Å². The Kier molecular flexibility index (Phi) is 3.22. The largest absolute Gasteiger partial charge is 0.378 e. The Bertz CT molecular complexity index is 809. The lowest BCUT2D eigenvalue weighted by Crippen LogP contribution is -2.08. The van der Waals surface area contributed by atoms with E-state index in [0.29, 0.717) is 17.0 Å². The molecule has 0 amide bonds. The van der Waals surface area contributed by atoms with Crippen LogP contribution < -0.4 is 10.6 Å². The summed E-state index contributed by atoms with van der Waals surface area (Å²) in [6.45, 7) is 0. The lowest BCUT2D eigenvalue weighted by atomic mass is 10.2. The molecule has 0 bridgehead atoms. The van der Waals surface area contributed by atoms with Gasteiger partial charge in [-0.2, -0.15) is 0 Å². The molecule has 21 heavy (non-hydrogen) atoms. The molecule has 1 heterocycles. The number of aromatic nitrogens is 2. The van der Waals surface area contributed by atoms with Gasteiger partial charge in [0, 0.05) is 31.5 Å². The van der Waals surface area contributed by atoms with Crippen molar-refractivity contribution in [3.05, 3.63) is 47.2 Å². The van der Waals surface area contributed by atoms with Crippen LogP contribution in [0.5, 0.6) is 0 Å². The molecule has 0 spiro atoms. The number of hydrogen-bond acceptors (Lipinski definition) is 3. The highest BCUT2D eigenvalue weighted by Crippen LogP contribution is 2.28. The first kappa shape index (κ1) is 13.7. The van der Waals surface area contributed by atoms with Crippen LogP contribution >= 0.6 is 11.6 Å². The number of benzene rings is 2. The normalized spacial score (nSPS) is 11.0. The summed E-state index contributed by atoms with van der Waals surface area (Å²) in [5.74, 6) is -0.195. The van der Waals surface area contributed by atoms with E-state index < -0.39 is 5.82 Å². The van der Waals surface area contributed by atoms with Gasteiger partial charge in [0.1, 0.15) is 5.82 Å². The van der Waals surface area contributed by atoms with Crippen LogP contribution in [0.3, 0.4) is 0 Å². The quantitative estimate of drug-likeness (QED) is 0.788. The summed E-state index contributed by atoms with van der Waals surface area (Å²) in [5.41, 5.74) is 9.00. The smallest absolute Gasteiger partial charge is 0.205 e. The van der Waals surface area contributed by atoms with E-state index in [4.69, 9.17) is 17.3 Å². The van der Waals surface area contributed by atoms with Crippen LogP contribution in [0.25, 0.3) is 16.7 Å². The molecule has 108 valence electrons. The molecule has 0 aliphatic rings. The Hall–Kier alpha value is -2.27. The molecule has 3 aromatic rings. The van der Waals surface area contributed by atoms with Crippen LogP contribution in [0, 0.1) is 5.82 Å². The monoisotopic (exact) mass is 304 g/mol. The van der Waals surface area contributed by atoms with Gasteiger partial charge in [0.25, 0.3) is 0 Å². The number of hydrogen-bond donors (Lipinski definition) is 1. The van der Waals surface area contributed by atoms with Crippen molar-refractivity contribution in [1.82, 2.24) is 9.55 Å². The minimum atomic E-state index is -0.491.